The van der Waals surface area contributed by atoms with Crippen LogP contribution in [0.3, 0.4) is 0 Å². The SMILES string of the molecule is CCc1c(C(=O)N2CCCC2)c(=O)cc(C)n1Cc1ccccc1OC. The van der Waals surface area contributed by atoms with E-state index in [1.54, 1.807) is 18.1 Å². The number of ether oxygens (including phenoxy) is 1. The van der Waals surface area contributed by atoms with E-state index in [0.717, 1.165) is 48.6 Å². The molecule has 2 heterocycles. The van der Waals surface area contributed by atoms with Gasteiger partial charge in [0.15, 0.2) is 5.43 Å². The molecule has 3 rings (SSSR count). The van der Waals surface area contributed by atoms with Crippen LogP contribution in [-0.4, -0.2) is 35.6 Å². The maximum Gasteiger partial charge on any atom is 0.259 e. The number of para-hydroxylation sites is 1. The summed E-state index contributed by atoms with van der Waals surface area (Å²) in [6, 6.07) is 9.42. The first-order valence-corrected chi connectivity index (χ1v) is 9.21. The van der Waals surface area contributed by atoms with Crippen LogP contribution >= 0.6 is 0 Å². The zero-order valence-electron chi connectivity index (χ0n) is 15.7. The van der Waals surface area contributed by atoms with Gasteiger partial charge >= 0.3 is 0 Å². The Bertz CT molecular complexity index is 864. The molecule has 1 fully saturated rings. The Morgan fingerprint density at radius 3 is 2.54 bits per heavy atom. The summed E-state index contributed by atoms with van der Waals surface area (Å²) < 4.78 is 7.54. The van der Waals surface area contributed by atoms with Crippen molar-refractivity contribution < 1.29 is 9.53 Å². The second-order valence-corrected chi connectivity index (χ2v) is 6.72. The normalized spacial score (nSPS) is 13.9. The summed E-state index contributed by atoms with van der Waals surface area (Å²) in [6.07, 6.45) is 2.64. The van der Waals surface area contributed by atoms with Crippen molar-refractivity contribution in [3.8, 4) is 5.75 Å². The summed E-state index contributed by atoms with van der Waals surface area (Å²) in [5, 5.41) is 0. The maximum absolute atomic E-state index is 13.0. The van der Waals surface area contributed by atoms with Crippen LogP contribution < -0.4 is 10.2 Å². The Morgan fingerprint density at radius 2 is 1.88 bits per heavy atom. The number of carbonyl (C=O) groups excluding carboxylic acids is 1. The third-order valence-corrected chi connectivity index (χ3v) is 5.09. The molecular formula is C21H26N2O3. The molecule has 1 amide bonds. The number of hydrogen-bond donors (Lipinski definition) is 0. The van der Waals surface area contributed by atoms with Crippen LogP contribution in [-0.2, 0) is 13.0 Å². The first-order valence-electron chi connectivity index (χ1n) is 9.21. The van der Waals surface area contributed by atoms with Crippen molar-refractivity contribution in [2.45, 2.75) is 39.7 Å². The number of carbonyl (C=O) groups is 1. The lowest BCUT2D eigenvalue weighted by Crippen LogP contribution is -2.35. The Kier molecular flexibility index (Phi) is 5.45. The predicted octanol–water partition coefficient (Wildman–Crippen LogP) is 3.01. The standard InChI is InChI=1S/C21H26N2O3/c1-4-17-20(21(25)22-11-7-8-12-22)18(24)13-15(2)23(17)14-16-9-5-6-10-19(16)26-3/h5-6,9-10,13H,4,7-8,11-12,14H2,1-3H3. The number of methoxy groups -OCH3 is 1. The van der Waals surface area contributed by atoms with Gasteiger partial charge in [0.1, 0.15) is 11.3 Å². The van der Waals surface area contributed by atoms with Crippen molar-refractivity contribution in [3.05, 3.63) is 63.1 Å². The Morgan fingerprint density at radius 1 is 1.19 bits per heavy atom. The minimum Gasteiger partial charge on any atom is -0.496 e. The predicted molar refractivity (Wildman–Crippen MR) is 102 cm³/mol. The summed E-state index contributed by atoms with van der Waals surface area (Å²) >= 11 is 0. The van der Waals surface area contributed by atoms with E-state index >= 15 is 0 Å². The van der Waals surface area contributed by atoms with Gasteiger partial charge in [-0.2, -0.15) is 0 Å². The molecule has 0 radical (unpaired) electrons. The third-order valence-electron chi connectivity index (χ3n) is 5.09. The maximum atomic E-state index is 13.0. The van der Waals surface area contributed by atoms with Crippen molar-refractivity contribution in [2.75, 3.05) is 20.2 Å². The van der Waals surface area contributed by atoms with E-state index in [0.29, 0.717) is 18.5 Å². The van der Waals surface area contributed by atoms with Crippen LogP contribution in [0.5, 0.6) is 5.75 Å². The molecule has 0 bridgehead atoms. The number of aryl methyl sites for hydroxylation is 1. The van der Waals surface area contributed by atoms with Crippen molar-refractivity contribution in [1.82, 2.24) is 9.47 Å². The van der Waals surface area contributed by atoms with Crippen LogP contribution in [0.1, 0.15) is 47.1 Å². The molecule has 1 aliphatic heterocycles. The highest BCUT2D eigenvalue weighted by molar-refractivity contribution is 5.95. The highest BCUT2D eigenvalue weighted by Gasteiger charge is 2.26. The summed E-state index contributed by atoms with van der Waals surface area (Å²) in [5.74, 6) is 0.679. The molecular weight excluding hydrogens is 328 g/mol. The fourth-order valence-corrected chi connectivity index (χ4v) is 3.73. The van der Waals surface area contributed by atoms with Gasteiger partial charge in [0.05, 0.1) is 13.7 Å². The highest BCUT2D eigenvalue weighted by atomic mass is 16.5. The molecule has 1 saturated heterocycles. The lowest BCUT2D eigenvalue weighted by Gasteiger charge is -2.22. The largest absolute Gasteiger partial charge is 0.496 e. The molecule has 1 aromatic heterocycles. The van der Waals surface area contributed by atoms with E-state index < -0.39 is 0 Å². The molecule has 0 atom stereocenters. The second kappa shape index (κ2) is 7.77. The number of aromatic nitrogens is 1. The van der Waals surface area contributed by atoms with Gasteiger partial charge < -0.3 is 14.2 Å². The van der Waals surface area contributed by atoms with E-state index in [1.165, 1.54) is 0 Å². The molecule has 0 N–H and O–H groups in total. The smallest absolute Gasteiger partial charge is 0.259 e. The first kappa shape index (κ1) is 18.2. The summed E-state index contributed by atoms with van der Waals surface area (Å²) in [5.41, 5.74) is 2.84. The molecule has 2 aromatic rings. The number of rotatable bonds is 5. The molecule has 138 valence electrons. The molecule has 0 aliphatic carbocycles. The molecule has 5 heteroatoms. The molecule has 0 spiro atoms. The van der Waals surface area contributed by atoms with E-state index in [4.69, 9.17) is 4.74 Å². The fourth-order valence-electron chi connectivity index (χ4n) is 3.73. The van der Waals surface area contributed by atoms with Gasteiger partial charge in [-0.1, -0.05) is 25.1 Å². The van der Waals surface area contributed by atoms with Gasteiger partial charge in [0.25, 0.3) is 5.91 Å². The van der Waals surface area contributed by atoms with Crippen molar-refractivity contribution in [1.29, 1.82) is 0 Å². The molecule has 1 aliphatic rings. The van der Waals surface area contributed by atoms with Crippen molar-refractivity contribution >= 4 is 5.91 Å². The minimum atomic E-state index is -0.174. The monoisotopic (exact) mass is 354 g/mol. The molecule has 0 unspecified atom stereocenters. The lowest BCUT2D eigenvalue weighted by molar-refractivity contribution is 0.0789. The third kappa shape index (κ3) is 3.39. The molecule has 0 saturated carbocycles. The molecule has 1 aromatic carbocycles. The van der Waals surface area contributed by atoms with Gasteiger partial charge in [0.2, 0.25) is 0 Å². The number of pyridine rings is 1. The van der Waals surface area contributed by atoms with Crippen molar-refractivity contribution in [3.63, 3.8) is 0 Å². The summed E-state index contributed by atoms with van der Waals surface area (Å²) in [4.78, 5) is 27.4. The van der Waals surface area contributed by atoms with Gasteiger partial charge in [-0.15, -0.1) is 0 Å². The number of nitrogens with zero attached hydrogens (tertiary/aromatic N) is 2. The first-order chi connectivity index (χ1) is 12.6. The quantitative estimate of drug-likeness (QED) is 0.829. The average Bonchev–Trinajstić information content (AvgIpc) is 3.18. The van der Waals surface area contributed by atoms with Crippen molar-refractivity contribution in [2.24, 2.45) is 0 Å². The minimum absolute atomic E-state index is 0.127. The Hall–Kier alpha value is -2.56. The van der Waals surface area contributed by atoms with E-state index in [-0.39, 0.29) is 11.3 Å². The number of benzene rings is 1. The topological polar surface area (TPSA) is 51.5 Å². The second-order valence-electron chi connectivity index (χ2n) is 6.72. The van der Waals surface area contributed by atoms with Crippen LogP contribution in [0.2, 0.25) is 0 Å². The summed E-state index contributed by atoms with van der Waals surface area (Å²) in [7, 11) is 1.65. The van der Waals surface area contributed by atoms with E-state index in [1.807, 2.05) is 38.1 Å². The average molecular weight is 354 g/mol. The Labute approximate surface area is 154 Å². The number of hydrogen-bond acceptors (Lipinski definition) is 3. The number of likely N-dealkylation sites (tertiary alicyclic amines) is 1. The van der Waals surface area contributed by atoms with Gasteiger partial charge in [-0.3, -0.25) is 9.59 Å². The van der Waals surface area contributed by atoms with Crippen LogP contribution in [0.15, 0.2) is 35.1 Å². The van der Waals surface area contributed by atoms with Crippen LogP contribution in [0.4, 0.5) is 0 Å². The van der Waals surface area contributed by atoms with E-state index in [2.05, 4.69) is 4.57 Å². The van der Waals surface area contributed by atoms with Gasteiger partial charge in [-0.05, 0) is 32.3 Å². The Balaban J connectivity index is 2.09. The fraction of sp³-hybridized carbons (Fsp3) is 0.429. The van der Waals surface area contributed by atoms with E-state index in [9.17, 15) is 9.59 Å². The van der Waals surface area contributed by atoms with Crippen LogP contribution in [0.25, 0.3) is 0 Å². The van der Waals surface area contributed by atoms with Gasteiger partial charge in [-0.25, -0.2) is 0 Å². The zero-order valence-corrected chi connectivity index (χ0v) is 15.7. The molecule has 26 heavy (non-hydrogen) atoms. The van der Waals surface area contributed by atoms with Gasteiger partial charge in [0, 0.05) is 36.1 Å². The zero-order chi connectivity index (χ0) is 18.7. The van der Waals surface area contributed by atoms with Crippen LogP contribution in [0, 0.1) is 6.92 Å². The summed E-state index contributed by atoms with van der Waals surface area (Å²) in [6.45, 7) is 5.96. The highest BCUT2D eigenvalue weighted by Crippen LogP contribution is 2.22. The number of amides is 1. The molecule has 5 nitrogen and oxygen atoms in total. The lowest BCUT2D eigenvalue weighted by atomic mass is 10.1.